The lowest BCUT2D eigenvalue weighted by molar-refractivity contribution is -0.137. The van der Waals surface area contributed by atoms with Crippen molar-refractivity contribution in [3.05, 3.63) is 0 Å². The van der Waals surface area contributed by atoms with Crippen molar-refractivity contribution in [1.29, 1.82) is 0 Å². The molecule has 0 aromatic rings. The van der Waals surface area contributed by atoms with Gasteiger partial charge in [-0.15, -0.1) is 0 Å². The molecule has 0 aromatic heterocycles. The van der Waals surface area contributed by atoms with Crippen molar-refractivity contribution < 1.29 is 9.59 Å². The smallest absolute Gasteiger partial charge is 0.309 e. The van der Waals surface area contributed by atoms with E-state index in [1.54, 1.807) is 0 Å². The van der Waals surface area contributed by atoms with Gasteiger partial charge in [-0.2, -0.15) is 0 Å². The van der Waals surface area contributed by atoms with Crippen molar-refractivity contribution in [1.82, 2.24) is 10.6 Å². The third-order valence-electron chi connectivity index (χ3n) is 1.90. The van der Waals surface area contributed by atoms with E-state index in [0.29, 0.717) is 12.6 Å². The first-order valence-electron chi connectivity index (χ1n) is 4.01. The van der Waals surface area contributed by atoms with E-state index in [1.165, 1.54) is 0 Å². The Bertz CT molecular complexity index is 187. The van der Waals surface area contributed by atoms with Crippen molar-refractivity contribution >= 4 is 11.8 Å². The molecule has 5 nitrogen and oxygen atoms in total. The van der Waals surface area contributed by atoms with Crippen LogP contribution in [0.4, 0.5) is 0 Å². The summed E-state index contributed by atoms with van der Waals surface area (Å²) in [5, 5.41) is 5.63. The molecule has 1 aliphatic rings. The molecule has 68 valence electrons. The van der Waals surface area contributed by atoms with E-state index >= 15 is 0 Å². The normalized spacial score (nSPS) is 22.2. The maximum Gasteiger partial charge on any atom is 0.309 e. The van der Waals surface area contributed by atoms with Gasteiger partial charge in [-0.1, -0.05) is 0 Å². The second-order valence-electron chi connectivity index (χ2n) is 2.87. The number of hydrogen-bond donors (Lipinski definition) is 3. The Morgan fingerprint density at radius 2 is 2.33 bits per heavy atom. The van der Waals surface area contributed by atoms with E-state index in [-0.39, 0.29) is 0 Å². The Hall–Kier alpha value is -1.10. The second-order valence-corrected chi connectivity index (χ2v) is 2.87. The first-order valence-corrected chi connectivity index (χ1v) is 4.01. The van der Waals surface area contributed by atoms with E-state index in [9.17, 15) is 9.59 Å². The molecular formula is C7H13N3O2. The Balaban J connectivity index is 2.16. The van der Waals surface area contributed by atoms with Crippen molar-refractivity contribution in [2.75, 3.05) is 13.1 Å². The Labute approximate surface area is 70.7 Å². The summed E-state index contributed by atoms with van der Waals surface area (Å²) in [6, 6.07) is 0.299. The van der Waals surface area contributed by atoms with Crippen LogP contribution in [0.25, 0.3) is 0 Å². The Morgan fingerprint density at radius 1 is 1.58 bits per heavy atom. The first-order chi connectivity index (χ1) is 5.70. The summed E-state index contributed by atoms with van der Waals surface area (Å²) < 4.78 is 0. The van der Waals surface area contributed by atoms with Crippen molar-refractivity contribution in [3.63, 3.8) is 0 Å². The largest absolute Gasteiger partial charge is 0.361 e. The summed E-state index contributed by atoms with van der Waals surface area (Å²) in [5.41, 5.74) is 4.75. The predicted octanol–water partition coefficient (Wildman–Crippen LogP) is -1.66. The zero-order chi connectivity index (χ0) is 8.97. The highest BCUT2D eigenvalue weighted by atomic mass is 16.2. The van der Waals surface area contributed by atoms with E-state index in [4.69, 9.17) is 5.73 Å². The molecule has 1 fully saturated rings. The third kappa shape index (κ3) is 2.50. The highest BCUT2D eigenvalue weighted by Crippen LogP contribution is 2.02. The van der Waals surface area contributed by atoms with E-state index in [1.807, 2.05) is 0 Å². The molecule has 1 saturated heterocycles. The van der Waals surface area contributed by atoms with Gasteiger partial charge in [-0.25, -0.2) is 0 Å². The Kier molecular flexibility index (Phi) is 3.04. The fourth-order valence-electron chi connectivity index (χ4n) is 1.23. The lowest BCUT2D eigenvalue weighted by Crippen LogP contribution is -2.42. The minimum atomic E-state index is -0.923. The summed E-state index contributed by atoms with van der Waals surface area (Å²) in [7, 11) is 0. The van der Waals surface area contributed by atoms with Gasteiger partial charge >= 0.3 is 11.8 Å². The van der Waals surface area contributed by atoms with Crippen LogP contribution in [0.5, 0.6) is 0 Å². The van der Waals surface area contributed by atoms with Crippen LogP contribution in [-0.2, 0) is 9.59 Å². The first kappa shape index (κ1) is 8.99. The van der Waals surface area contributed by atoms with E-state index in [2.05, 4.69) is 10.6 Å². The number of nitrogens with one attached hydrogen (secondary N) is 2. The summed E-state index contributed by atoms with van der Waals surface area (Å²) in [6.45, 7) is 1.47. The average molecular weight is 171 g/mol. The molecular weight excluding hydrogens is 158 g/mol. The summed E-state index contributed by atoms with van der Waals surface area (Å²) in [5.74, 6) is -1.63. The van der Waals surface area contributed by atoms with Crippen molar-refractivity contribution in [2.45, 2.75) is 18.9 Å². The van der Waals surface area contributed by atoms with Gasteiger partial charge in [0.05, 0.1) is 0 Å². The number of amides is 2. The van der Waals surface area contributed by atoms with Crippen LogP contribution in [-0.4, -0.2) is 30.9 Å². The monoisotopic (exact) mass is 171 g/mol. The van der Waals surface area contributed by atoms with Gasteiger partial charge in [-0.05, 0) is 19.4 Å². The minimum absolute atomic E-state index is 0.299. The highest BCUT2D eigenvalue weighted by Gasteiger charge is 2.15. The fourth-order valence-corrected chi connectivity index (χ4v) is 1.23. The summed E-state index contributed by atoms with van der Waals surface area (Å²) in [4.78, 5) is 21.0. The topological polar surface area (TPSA) is 84.2 Å². The minimum Gasteiger partial charge on any atom is -0.361 e. The molecule has 1 heterocycles. The zero-order valence-electron chi connectivity index (χ0n) is 6.80. The van der Waals surface area contributed by atoms with E-state index < -0.39 is 11.8 Å². The molecule has 1 atom stereocenters. The number of carbonyl (C=O) groups is 2. The van der Waals surface area contributed by atoms with Gasteiger partial charge in [0.15, 0.2) is 0 Å². The number of primary amides is 1. The SMILES string of the molecule is NC(=O)C(=O)NCC1CCCN1. The molecule has 0 spiro atoms. The van der Waals surface area contributed by atoms with Gasteiger partial charge in [-0.3, -0.25) is 9.59 Å². The van der Waals surface area contributed by atoms with Gasteiger partial charge < -0.3 is 16.4 Å². The van der Waals surface area contributed by atoms with Gasteiger partial charge in [0.25, 0.3) is 0 Å². The molecule has 0 radical (unpaired) electrons. The quantitative estimate of drug-likeness (QED) is 0.435. The highest BCUT2D eigenvalue weighted by molar-refractivity contribution is 6.34. The summed E-state index contributed by atoms with van der Waals surface area (Å²) in [6.07, 6.45) is 2.16. The fraction of sp³-hybridized carbons (Fsp3) is 0.714. The maximum atomic E-state index is 10.7. The maximum absolute atomic E-state index is 10.7. The van der Waals surface area contributed by atoms with Crippen LogP contribution in [0.15, 0.2) is 0 Å². The number of nitrogens with two attached hydrogens (primary N) is 1. The molecule has 0 bridgehead atoms. The molecule has 1 aliphatic heterocycles. The average Bonchev–Trinajstić information content (AvgIpc) is 2.51. The second kappa shape index (κ2) is 4.06. The van der Waals surface area contributed by atoms with Crippen molar-refractivity contribution in [2.24, 2.45) is 5.73 Å². The number of carbonyl (C=O) groups excluding carboxylic acids is 2. The molecule has 0 aliphatic carbocycles. The van der Waals surface area contributed by atoms with Crippen LogP contribution >= 0.6 is 0 Å². The van der Waals surface area contributed by atoms with Crippen LogP contribution < -0.4 is 16.4 Å². The van der Waals surface area contributed by atoms with Gasteiger partial charge in [0.2, 0.25) is 0 Å². The van der Waals surface area contributed by atoms with Gasteiger partial charge in [0, 0.05) is 12.6 Å². The van der Waals surface area contributed by atoms with E-state index in [0.717, 1.165) is 19.4 Å². The third-order valence-corrected chi connectivity index (χ3v) is 1.90. The van der Waals surface area contributed by atoms with Crippen molar-refractivity contribution in [3.8, 4) is 0 Å². The number of rotatable bonds is 2. The zero-order valence-corrected chi connectivity index (χ0v) is 6.80. The van der Waals surface area contributed by atoms with Crippen LogP contribution in [0, 0.1) is 0 Å². The van der Waals surface area contributed by atoms with Gasteiger partial charge in [0.1, 0.15) is 0 Å². The predicted molar refractivity (Wildman–Crippen MR) is 43.2 cm³/mol. The summed E-state index contributed by atoms with van der Waals surface area (Å²) >= 11 is 0. The number of hydrogen-bond acceptors (Lipinski definition) is 3. The lowest BCUT2D eigenvalue weighted by atomic mass is 10.2. The Morgan fingerprint density at radius 3 is 2.83 bits per heavy atom. The molecule has 0 saturated carbocycles. The molecule has 0 aromatic carbocycles. The standard InChI is InChI=1S/C7H13N3O2/c8-6(11)7(12)10-4-5-2-1-3-9-5/h5,9H,1-4H2,(H2,8,11)(H,10,12). The molecule has 2 amide bonds. The molecule has 1 unspecified atom stereocenters. The van der Waals surface area contributed by atoms with Crippen LogP contribution in [0.3, 0.4) is 0 Å². The molecule has 5 heteroatoms. The van der Waals surface area contributed by atoms with Crippen LogP contribution in [0.1, 0.15) is 12.8 Å². The molecule has 4 N–H and O–H groups in total. The molecule has 12 heavy (non-hydrogen) atoms. The lowest BCUT2D eigenvalue weighted by Gasteiger charge is -2.09. The molecule has 1 rings (SSSR count). The van der Waals surface area contributed by atoms with Crippen LogP contribution in [0.2, 0.25) is 0 Å².